The third kappa shape index (κ3) is 1.80. The van der Waals surface area contributed by atoms with Crippen LogP contribution in [0, 0.1) is 6.92 Å². The van der Waals surface area contributed by atoms with Crippen molar-refractivity contribution in [2.24, 2.45) is 5.73 Å². The number of hydrogen-bond donors (Lipinski definition) is 1. The largest absolute Gasteiger partial charge is 0.317 e. The van der Waals surface area contributed by atoms with E-state index in [2.05, 4.69) is 17.1 Å². The van der Waals surface area contributed by atoms with Crippen molar-refractivity contribution in [1.82, 2.24) is 14.8 Å². The quantitative estimate of drug-likeness (QED) is 0.860. The van der Waals surface area contributed by atoms with Crippen LogP contribution in [0.2, 0.25) is 0 Å². The van der Waals surface area contributed by atoms with Gasteiger partial charge in [0, 0.05) is 11.4 Å². The molecular weight excluding hydrogens is 208 g/mol. The maximum atomic E-state index is 6.14. The highest BCUT2D eigenvalue weighted by Gasteiger charge is 2.17. The highest BCUT2D eigenvalue weighted by Crippen LogP contribution is 2.22. The van der Waals surface area contributed by atoms with E-state index in [9.17, 15) is 0 Å². The van der Waals surface area contributed by atoms with E-state index in [4.69, 9.17) is 5.73 Å². The first-order valence-corrected chi connectivity index (χ1v) is 5.80. The molecule has 2 N–H and O–H groups in total. The fourth-order valence-corrected chi connectivity index (χ4v) is 2.34. The Morgan fingerprint density at radius 3 is 2.93 bits per heavy atom. The van der Waals surface area contributed by atoms with E-state index in [1.165, 1.54) is 0 Å². The van der Waals surface area contributed by atoms with Gasteiger partial charge in [-0.2, -0.15) is 0 Å². The van der Waals surface area contributed by atoms with Crippen LogP contribution >= 0.6 is 11.3 Å². The maximum Gasteiger partial charge on any atom is 0.155 e. The lowest BCUT2D eigenvalue weighted by atomic mass is 10.2. The van der Waals surface area contributed by atoms with E-state index < -0.39 is 0 Å². The molecule has 0 aliphatic carbocycles. The number of nitrogens with two attached hydrogens (primary N) is 1. The third-order valence-corrected chi connectivity index (χ3v) is 3.36. The van der Waals surface area contributed by atoms with Crippen LogP contribution < -0.4 is 5.73 Å². The molecule has 5 heteroatoms. The first-order chi connectivity index (χ1) is 7.24. The smallest absolute Gasteiger partial charge is 0.155 e. The van der Waals surface area contributed by atoms with E-state index in [1.54, 1.807) is 11.3 Å². The van der Waals surface area contributed by atoms with Gasteiger partial charge in [0.25, 0.3) is 0 Å². The van der Waals surface area contributed by atoms with E-state index in [0.717, 1.165) is 23.1 Å². The average molecular weight is 222 g/mol. The SMILES string of the molecule is CCn1c(C)nnc1C(N)c1cccs1. The van der Waals surface area contributed by atoms with Gasteiger partial charge >= 0.3 is 0 Å². The van der Waals surface area contributed by atoms with Gasteiger partial charge in [0.1, 0.15) is 11.9 Å². The minimum absolute atomic E-state index is 0.161. The summed E-state index contributed by atoms with van der Waals surface area (Å²) in [4.78, 5) is 1.12. The summed E-state index contributed by atoms with van der Waals surface area (Å²) in [6.07, 6.45) is 0. The molecule has 2 rings (SSSR count). The molecular formula is C10H14N4S. The zero-order valence-corrected chi connectivity index (χ0v) is 9.66. The summed E-state index contributed by atoms with van der Waals surface area (Å²) >= 11 is 1.65. The van der Waals surface area contributed by atoms with Gasteiger partial charge in [0.2, 0.25) is 0 Å². The Morgan fingerprint density at radius 2 is 2.33 bits per heavy atom. The van der Waals surface area contributed by atoms with Crippen molar-refractivity contribution >= 4 is 11.3 Å². The molecule has 0 aromatic carbocycles. The molecule has 2 aromatic rings. The minimum atomic E-state index is -0.161. The number of aryl methyl sites for hydroxylation is 1. The zero-order chi connectivity index (χ0) is 10.8. The van der Waals surface area contributed by atoms with Gasteiger partial charge in [-0.25, -0.2) is 0 Å². The molecule has 80 valence electrons. The molecule has 0 spiro atoms. The standard InChI is InChI=1S/C10H14N4S/c1-3-14-7(2)12-13-10(14)9(11)8-5-4-6-15-8/h4-6,9H,3,11H2,1-2H3. The second-order valence-corrected chi connectivity index (χ2v) is 4.32. The van der Waals surface area contributed by atoms with Crippen molar-refractivity contribution in [1.29, 1.82) is 0 Å². The van der Waals surface area contributed by atoms with Gasteiger partial charge in [-0.1, -0.05) is 6.07 Å². The van der Waals surface area contributed by atoms with Crippen LogP contribution in [0.1, 0.15) is 29.5 Å². The van der Waals surface area contributed by atoms with Crippen molar-refractivity contribution in [3.63, 3.8) is 0 Å². The van der Waals surface area contributed by atoms with E-state index in [1.807, 2.05) is 29.0 Å². The Balaban J connectivity index is 2.37. The molecule has 0 saturated carbocycles. The molecule has 1 unspecified atom stereocenters. The Morgan fingerprint density at radius 1 is 1.53 bits per heavy atom. The predicted molar refractivity (Wildman–Crippen MR) is 60.8 cm³/mol. The average Bonchev–Trinajstić information content (AvgIpc) is 2.85. The lowest BCUT2D eigenvalue weighted by molar-refractivity contribution is 0.648. The highest BCUT2D eigenvalue weighted by molar-refractivity contribution is 7.10. The number of thiophene rings is 1. The summed E-state index contributed by atoms with van der Waals surface area (Å²) in [6, 6.07) is 3.87. The van der Waals surface area contributed by atoms with Crippen molar-refractivity contribution in [3.8, 4) is 0 Å². The third-order valence-electron chi connectivity index (χ3n) is 2.41. The maximum absolute atomic E-state index is 6.14. The fraction of sp³-hybridized carbons (Fsp3) is 0.400. The first kappa shape index (κ1) is 10.3. The predicted octanol–water partition coefficient (Wildman–Crippen LogP) is 1.72. The summed E-state index contributed by atoms with van der Waals surface area (Å²) < 4.78 is 2.05. The van der Waals surface area contributed by atoms with E-state index in [-0.39, 0.29) is 6.04 Å². The summed E-state index contributed by atoms with van der Waals surface area (Å²) in [5.74, 6) is 1.76. The molecule has 0 aliphatic rings. The van der Waals surface area contributed by atoms with Crippen LogP contribution in [0.25, 0.3) is 0 Å². The van der Waals surface area contributed by atoms with Gasteiger partial charge in [-0.3, -0.25) is 0 Å². The Kier molecular flexibility index (Phi) is 2.83. The van der Waals surface area contributed by atoms with Crippen molar-refractivity contribution in [2.75, 3.05) is 0 Å². The normalized spacial score (nSPS) is 13.0. The molecule has 0 radical (unpaired) electrons. The minimum Gasteiger partial charge on any atom is -0.317 e. The number of hydrogen-bond acceptors (Lipinski definition) is 4. The molecule has 0 saturated heterocycles. The summed E-state index contributed by atoms with van der Waals surface area (Å²) in [7, 11) is 0. The van der Waals surface area contributed by atoms with Crippen LogP contribution in [-0.2, 0) is 6.54 Å². The lowest BCUT2D eigenvalue weighted by Gasteiger charge is -2.10. The van der Waals surface area contributed by atoms with Crippen LogP contribution in [0.3, 0.4) is 0 Å². The van der Waals surface area contributed by atoms with Crippen LogP contribution in [0.5, 0.6) is 0 Å². The van der Waals surface area contributed by atoms with Crippen molar-refractivity contribution in [2.45, 2.75) is 26.4 Å². The molecule has 0 bridgehead atoms. The van der Waals surface area contributed by atoms with Crippen molar-refractivity contribution in [3.05, 3.63) is 34.0 Å². The first-order valence-electron chi connectivity index (χ1n) is 4.92. The van der Waals surface area contributed by atoms with Crippen molar-refractivity contribution < 1.29 is 0 Å². The lowest BCUT2D eigenvalue weighted by Crippen LogP contribution is -2.17. The van der Waals surface area contributed by atoms with Gasteiger partial charge in [0.05, 0.1) is 0 Å². The summed E-state index contributed by atoms with van der Waals surface area (Å²) in [5.41, 5.74) is 6.14. The zero-order valence-electron chi connectivity index (χ0n) is 8.84. The van der Waals surface area contributed by atoms with Gasteiger partial charge in [-0.15, -0.1) is 21.5 Å². The Labute approximate surface area is 92.8 Å². The number of nitrogens with zero attached hydrogens (tertiary/aromatic N) is 3. The van der Waals surface area contributed by atoms with Crippen LogP contribution in [-0.4, -0.2) is 14.8 Å². The summed E-state index contributed by atoms with van der Waals surface area (Å²) in [6.45, 7) is 4.87. The topological polar surface area (TPSA) is 56.7 Å². The van der Waals surface area contributed by atoms with E-state index in [0.29, 0.717) is 0 Å². The molecule has 4 nitrogen and oxygen atoms in total. The molecule has 0 aliphatic heterocycles. The molecule has 15 heavy (non-hydrogen) atoms. The second-order valence-electron chi connectivity index (χ2n) is 3.34. The molecule has 2 heterocycles. The summed E-state index contributed by atoms with van der Waals surface area (Å²) in [5, 5.41) is 10.2. The highest BCUT2D eigenvalue weighted by atomic mass is 32.1. The molecule has 0 amide bonds. The Bertz CT molecular complexity index is 432. The monoisotopic (exact) mass is 222 g/mol. The van der Waals surface area contributed by atoms with Crippen LogP contribution in [0.4, 0.5) is 0 Å². The molecule has 2 aromatic heterocycles. The Hall–Kier alpha value is -1.20. The van der Waals surface area contributed by atoms with Gasteiger partial charge in [-0.05, 0) is 25.3 Å². The van der Waals surface area contributed by atoms with Gasteiger partial charge in [0.15, 0.2) is 5.82 Å². The number of rotatable bonds is 3. The molecule has 1 atom stereocenters. The molecule has 0 fully saturated rings. The second kappa shape index (κ2) is 4.12. The van der Waals surface area contributed by atoms with Gasteiger partial charge < -0.3 is 10.3 Å². The number of aromatic nitrogens is 3. The van der Waals surface area contributed by atoms with E-state index >= 15 is 0 Å². The van der Waals surface area contributed by atoms with Crippen LogP contribution in [0.15, 0.2) is 17.5 Å². The fourth-order valence-electron chi connectivity index (χ4n) is 1.61.